The minimum absolute atomic E-state index is 0.000564. The number of amidine groups is 1. The van der Waals surface area contributed by atoms with Crippen LogP contribution in [0.2, 0.25) is 0 Å². The third kappa shape index (κ3) is 4.42. The molecule has 0 aliphatic carbocycles. The number of aliphatic imine (C=N–C) groups is 1. The van der Waals surface area contributed by atoms with Gasteiger partial charge in [-0.2, -0.15) is 0 Å². The zero-order valence-corrected chi connectivity index (χ0v) is 17.7. The monoisotopic (exact) mass is 394 g/mol. The summed E-state index contributed by atoms with van der Waals surface area (Å²) in [6, 6.07) is 5.72. The number of rotatable bonds is 3. The SMILES string of the molecule is C=C1C(Nc2ccc(C(=O)N3CCC(C(=O)NC)CC3)c(C)c2)=NC=CC1(C)C. The Morgan fingerprint density at radius 2 is 1.93 bits per heavy atom. The van der Waals surface area contributed by atoms with Crippen molar-refractivity contribution >= 4 is 23.3 Å². The van der Waals surface area contributed by atoms with Gasteiger partial charge in [-0.05, 0) is 49.1 Å². The lowest BCUT2D eigenvalue weighted by Crippen LogP contribution is -2.42. The summed E-state index contributed by atoms with van der Waals surface area (Å²) in [6.07, 6.45) is 5.23. The van der Waals surface area contributed by atoms with Crippen LogP contribution in [-0.2, 0) is 4.79 Å². The van der Waals surface area contributed by atoms with Gasteiger partial charge in [0.15, 0.2) is 0 Å². The smallest absolute Gasteiger partial charge is 0.254 e. The van der Waals surface area contributed by atoms with Crippen molar-refractivity contribution in [2.75, 3.05) is 25.5 Å². The molecule has 0 radical (unpaired) electrons. The fourth-order valence-corrected chi connectivity index (χ4v) is 3.73. The largest absolute Gasteiger partial charge is 0.359 e. The van der Waals surface area contributed by atoms with E-state index in [1.807, 2.05) is 36.1 Å². The highest BCUT2D eigenvalue weighted by molar-refractivity contribution is 6.09. The highest BCUT2D eigenvalue weighted by Crippen LogP contribution is 2.31. The third-order valence-electron chi connectivity index (χ3n) is 5.88. The molecular formula is C23H30N4O2. The Morgan fingerprint density at radius 1 is 1.24 bits per heavy atom. The molecule has 2 aliphatic heterocycles. The fraction of sp³-hybridized carbons (Fsp3) is 0.435. The van der Waals surface area contributed by atoms with E-state index in [1.165, 1.54) is 0 Å². The third-order valence-corrected chi connectivity index (χ3v) is 5.88. The molecule has 1 aromatic carbocycles. The second kappa shape index (κ2) is 8.23. The van der Waals surface area contributed by atoms with Crippen molar-refractivity contribution in [3.05, 3.63) is 53.8 Å². The van der Waals surface area contributed by atoms with E-state index in [9.17, 15) is 9.59 Å². The molecule has 29 heavy (non-hydrogen) atoms. The van der Waals surface area contributed by atoms with Crippen LogP contribution in [0.15, 0.2) is 47.6 Å². The number of benzene rings is 1. The van der Waals surface area contributed by atoms with Crippen LogP contribution in [0.1, 0.15) is 42.6 Å². The molecule has 2 heterocycles. The fourth-order valence-electron chi connectivity index (χ4n) is 3.73. The molecular weight excluding hydrogens is 364 g/mol. The lowest BCUT2D eigenvalue weighted by molar-refractivity contribution is -0.125. The Bertz CT molecular complexity index is 890. The summed E-state index contributed by atoms with van der Waals surface area (Å²) in [6.45, 7) is 11.5. The van der Waals surface area contributed by atoms with Gasteiger partial charge >= 0.3 is 0 Å². The lowest BCUT2D eigenvalue weighted by Gasteiger charge is -2.31. The minimum atomic E-state index is -0.143. The van der Waals surface area contributed by atoms with E-state index in [0.717, 1.165) is 22.7 Å². The number of hydrogen-bond donors (Lipinski definition) is 2. The number of likely N-dealkylation sites (tertiary alicyclic amines) is 1. The Kier molecular flexibility index (Phi) is 5.91. The maximum Gasteiger partial charge on any atom is 0.254 e. The second-order valence-corrected chi connectivity index (χ2v) is 8.33. The van der Waals surface area contributed by atoms with Crippen LogP contribution in [0.25, 0.3) is 0 Å². The van der Waals surface area contributed by atoms with Gasteiger partial charge in [-0.15, -0.1) is 0 Å². The Hall–Kier alpha value is -2.89. The summed E-state index contributed by atoms with van der Waals surface area (Å²) in [4.78, 5) is 31.0. The number of piperidine rings is 1. The molecule has 0 aromatic heterocycles. The highest BCUT2D eigenvalue weighted by Gasteiger charge is 2.28. The standard InChI is InChI=1S/C23H30N4O2/c1-15-14-18(26-20-16(2)23(3,4)10-11-25-20)6-7-19(15)22(29)27-12-8-17(9-13-27)21(28)24-5/h6-7,10-11,14,17H,2,8-9,12-13H2,1,3-5H3,(H,24,28)(H,25,26). The van der Waals surface area contributed by atoms with Crippen molar-refractivity contribution in [3.63, 3.8) is 0 Å². The normalized spacial score (nSPS) is 19.0. The molecule has 0 saturated carbocycles. The van der Waals surface area contributed by atoms with Gasteiger partial charge < -0.3 is 15.5 Å². The van der Waals surface area contributed by atoms with Crippen LogP contribution in [-0.4, -0.2) is 42.7 Å². The first-order valence-electron chi connectivity index (χ1n) is 10.1. The number of amides is 2. The average molecular weight is 395 g/mol. The first-order valence-corrected chi connectivity index (χ1v) is 10.1. The molecule has 0 spiro atoms. The second-order valence-electron chi connectivity index (χ2n) is 8.33. The van der Waals surface area contributed by atoms with Crippen molar-refractivity contribution in [2.24, 2.45) is 16.3 Å². The molecule has 2 aliphatic rings. The van der Waals surface area contributed by atoms with Crippen molar-refractivity contribution in [3.8, 4) is 0 Å². The van der Waals surface area contributed by atoms with E-state index < -0.39 is 0 Å². The number of anilines is 1. The number of carbonyl (C=O) groups is 2. The van der Waals surface area contributed by atoms with Crippen LogP contribution in [0.5, 0.6) is 0 Å². The van der Waals surface area contributed by atoms with E-state index >= 15 is 0 Å². The summed E-state index contributed by atoms with van der Waals surface area (Å²) in [5.41, 5.74) is 3.26. The Balaban J connectivity index is 1.68. The number of nitrogens with one attached hydrogen (secondary N) is 2. The number of hydrogen-bond acceptors (Lipinski definition) is 4. The van der Waals surface area contributed by atoms with Crippen LogP contribution in [0.3, 0.4) is 0 Å². The summed E-state index contributed by atoms with van der Waals surface area (Å²) < 4.78 is 0. The van der Waals surface area contributed by atoms with Crippen molar-refractivity contribution < 1.29 is 9.59 Å². The highest BCUT2D eigenvalue weighted by atomic mass is 16.2. The van der Waals surface area contributed by atoms with E-state index in [1.54, 1.807) is 13.2 Å². The van der Waals surface area contributed by atoms with Gasteiger partial charge in [0, 0.05) is 48.9 Å². The Morgan fingerprint density at radius 3 is 2.55 bits per heavy atom. The maximum absolute atomic E-state index is 13.0. The van der Waals surface area contributed by atoms with E-state index in [2.05, 4.69) is 36.1 Å². The van der Waals surface area contributed by atoms with E-state index in [4.69, 9.17) is 0 Å². The number of allylic oxidation sites excluding steroid dienone is 1. The minimum Gasteiger partial charge on any atom is -0.359 e. The van der Waals surface area contributed by atoms with Crippen LogP contribution >= 0.6 is 0 Å². The van der Waals surface area contributed by atoms with Gasteiger partial charge in [-0.1, -0.05) is 26.5 Å². The molecule has 1 fully saturated rings. The molecule has 3 rings (SSSR count). The van der Waals surface area contributed by atoms with Crippen LogP contribution in [0, 0.1) is 18.3 Å². The maximum atomic E-state index is 13.0. The molecule has 154 valence electrons. The van der Waals surface area contributed by atoms with Gasteiger partial charge in [0.2, 0.25) is 5.91 Å². The summed E-state index contributed by atoms with van der Waals surface area (Å²) in [7, 11) is 1.66. The topological polar surface area (TPSA) is 73.8 Å². The number of aryl methyl sites for hydroxylation is 1. The molecule has 1 aromatic rings. The van der Waals surface area contributed by atoms with Gasteiger partial charge in [0.1, 0.15) is 5.84 Å². The predicted octanol–water partition coefficient (Wildman–Crippen LogP) is 3.51. The quantitative estimate of drug-likeness (QED) is 0.824. The Labute approximate surface area is 172 Å². The van der Waals surface area contributed by atoms with Gasteiger partial charge in [0.25, 0.3) is 5.91 Å². The summed E-state index contributed by atoms with van der Waals surface area (Å²) in [5, 5.41) is 6.03. The van der Waals surface area contributed by atoms with Crippen LogP contribution < -0.4 is 10.6 Å². The zero-order chi connectivity index (χ0) is 21.2. The first kappa shape index (κ1) is 20.8. The molecule has 2 amide bonds. The van der Waals surface area contributed by atoms with Crippen LogP contribution in [0.4, 0.5) is 5.69 Å². The molecule has 0 unspecified atom stereocenters. The molecule has 0 atom stereocenters. The molecule has 1 saturated heterocycles. The van der Waals surface area contributed by atoms with Gasteiger partial charge in [-0.3, -0.25) is 9.59 Å². The molecule has 2 N–H and O–H groups in total. The van der Waals surface area contributed by atoms with E-state index in [-0.39, 0.29) is 23.1 Å². The lowest BCUT2D eigenvalue weighted by atomic mass is 9.83. The molecule has 6 nitrogen and oxygen atoms in total. The average Bonchev–Trinajstić information content (AvgIpc) is 2.70. The van der Waals surface area contributed by atoms with Gasteiger partial charge in [0.05, 0.1) is 0 Å². The predicted molar refractivity (Wildman–Crippen MR) is 117 cm³/mol. The summed E-state index contributed by atoms with van der Waals surface area (Å²) in [5.74, 6) is 0.827. The molecule has 0 bridgehead atoms. The summed E-state index contributed by atoms with van der Waals surface area (Å²) >= 11 is 0. The number of nitrogens with zero attached hydrogens (tertiary/aromatic N) is 2. The van der Waals surface area contributed by atoms with Crippen molar-refractivity contribution in [1.29, 1.82) is 0 Å². The molecule has 6 heteroatoms. The number of carbonyl (C=O) groups excluding carboxylic acids is 2. The zero-order valence-electron chi connectivity index (χ0n) is 17.7. The van der Waals surface area contributed by atoms with Crippen molar-refractivity contribution in [2.45, 2.75) is 33.6 Å². The first-order chi connectivity index (χ1) is 13.7. The van der Waals surface area contributed by atoms with Gasteiger partial charge in [-0.25, -0.2) is 4.99 Å². The van der Waals surface area contributed by atoms with Crippen molar-refractivity contribution in [1.82, 2.24) is 10.2 Å². The van der Waals surface area contributed by atoms with E-state index in [0.29, 0.717) is 31.5 Å².